The van der Waals surface area contributed by atoms with E-state index in [1.807, 2.05) is 42.5 Å². The molecule has 37 heavy (non-hydrogen) atoms. The second-order valence-electron chi connectivity index (χ2n) is 8.65. The van der Waals surface area contributed by atoms with E-state index in [1.165, 1.54) is 29.0 Å². The van der Waals surface area contributed by atoms with Crippen molar-refractivity contribution in [3.63, 3.8) is 0 Å². The van der Waals surface area contributed by atoms with E-state index in [0.717, 1.165) is 27.6 Å². The van der Waals surface area contributed by atoms with E-state index in [1.54, 1.807) is 23.2 Å². The lowest BCUT2D eigenvalue weighted by molar-refractivity contribution is 0.0715. The molecule has 2 amide bonds. The van der Waals surface area contributed by atoms with Gasteiger partial charge in [-0.25, -0.2) is 8.78 Å². The minimum atomic E-state index is -1.15. The van der Waals surface area contributed by atoms with Gasteiger partial charge in [0, 0.05) is 49.0 Å². The van der Waals surface area contributed by atoms with Crippen LogP contribution in [0.25, 0.3) is 10.9 Å². The van der Waals surface area contributed by atoms with Crippen LogP contribution in [0.4, 0.5) is 14.5 Å². The fourth-order valence-corrected chi connectivity index (χ4v) is 5.08. The number of benzene rings is 3. The van der Waals surface area contributed by atoms with Gasteiger partial charge in [-0.2, -0.15) is 0 Å². The Morgan fingerprint density at radius 1 is 0.811 bits per heavy atom. The highest BCUT2D eigenvalue weighted by Crippen LogP contribution is 2.27. The Kier molecular flexibility index (Phi) is 7.32. The molecule has 4 aromatic rings. The van der Waals surface area contributed by atoms with Crippen molar-refractivity contribution in [2.75, 3.05) is 30.9 Å². The summed E-state index contributed by atoms with van der Waals surface area (Å²) in [4.78, 5) is 34.5. The number of rotatable bonds is 5. The molecule has 5 rings (SSSR count). The van der Waals surface area contributed by atoms with Crippen LogP contribution in [-0.2, 0) is 0 Å². The molecule has 1 fully saturated rings. The number of nitrogens with zero attached hydrogens (tertiary/aromatic N) is 3. The highest BCUT2D eigenvalue weighted by Gasteiger charge is 2.25. The number of pyridine rings is 1. The number of hydrogen-bond acceptors (Lipinski definition) is 5. The summed E-state index contributed by atoms with van der Waals surface area (Å²) in [7, 11) is 0. The summed E-state index contributed by atoms with van der Waals surface area (Å²) in [5.74, 6) is -2.90. The molecule has 0 saturated carbocycles. The fraction of sp³-hybridized carbons (Fsp3) is 0.179. The predicted molar refractivity (Wildman–Crippen MR) is 140 cm³/mol. The number of nitrogens with one attached hydrogen (secondary N) is 1. The first-order valence-electron chi connectivity index (χ1n) is 11.9. The molecule has 0 radical (unpaired) electrons. The van der Waals surface area contributed by atoms with Crippen LogP contribution in [0.2, 0.25) is 0 Å². The van der Waals surface area contributed by atoms with E-state index in [9.17, 15) is 18.4 Å². The lowest BCUT2D eigenvalue weighted by Gasteiger charge is -2.22. The second kappa shape index (κ2) is 11.0. The number of para-hydroxylation sites is 1. The molecule has 188 valence electrons. The quantitative estimate of drug-likeness (QED) is 0.348. The molecule has 0 unspecified atom stereocenters. The van der Waals surface area contributed by atoms with Gasteiger partial charge in [0.2, 0.25) is 0 Å². The van der Waals surface area contributed by atoms with Crippen molar-refractivity contribution in [3.05, 3.63) is 102 Å². The number of aromatic nitrogens is 1. The highest BCUT2D eigenvalue weighted by atomic mass is 32.2. The Bertz CT molecular complexity index is 1440. The largest absolute Gasteiger partial charge is 0.337 e. The third-order valence-corrected chi connectivity index (χ3v) is 7.15. The second-order valence-corrected chi connectivity index (χ2v) is 9.50. The number of halogens is 2. The first-order chi connectivity index (χ1) is 18.0. The average molecular weight is 519 g/mol. The van der Waals surface area contributed by atoms with Gasteiger partial charge in [0.1, 0.15) is 0 Å². The third-order valence-electron chi connectivity index (χ3n) is 6.26. The van der Waals surface area contributed by atoms with Crippen LogP contribution in [0.3, 0.4) is 0 Å². The molecule has 9 heteroatoms. The monoisotopic (exact) mass is 518 g/mol. The zero-order valence-electron chi connectivity index (χ0n) is 19.9. The summed E-state index contributed by atoms with van der Waals surface area (Å²) < 4.78 is 31.0. The molecule has 1 saturated heterocycles. The maximum Gasteiger partial charge on any atom is 0.257 e. The van der Waals surface area contributed by atoms with E-state index in [2.05, 4.69) is 9.71 Å². The topological polar surface area (TPSA) is 65.5 Å². The van der Waals surface area contributed by atoms with Crippen molar-refractivity contribution in [2.24, 2.45) is 0 Å². The van der Waals surface area contributed by atoms with Gasteiger partial charge < -0.3 is 14.5 Å². The Morgan fingerprint density at radius 2 is 1.51 bits per heavy atom. The van der Waals surface area contributed by atoms with Gasteiger partial charge in [-0.05, 0) is 66.9 Å². The van der Waals surface area contributed by atoms with Gasteiger partial charge in [-0.3, -0.25) is 14.6 Å². The van der Waals surface area contributed by atoms with Gasteiger partial charge >= 0.3 is 0 Å². The zero-order valence-corrected chi connectivity index (χ0v) is 20.7. The maximum atomic E-state index is 14.1. The standard InChI is InChI=1S/C28H24F2N4O2S/c29-23-8-2-7-22(25(23)30)28(36)34-16-4-15-33(17-18-34)27(35)20-10-12-21(13-11-20)32-37-24-9-1-5-19-6-3-14-31-26(19)24/h1-3,5-14,32H,4,15-18H2. The van der Waals surface area contributed by atoms with Gasteiger partial charge in [-0.15, -0.1) is 0 Å². The summed E-state index contributed by atoms with van der Waals surface area (Å²) in [6.07, 6.45) is 2.31. The van der Waals surface area contributed by atoms with Crippen molar-refractivity contribution in [1.82, 2.24) is 14.8 Å². The summed E-state index contributed by atoms with van der Waals surface area (Å²) >= 11 is 1.46. The van der Waals surface area contributed by atoms with Crippen LogP contribution >= 0.6 is 11.9 Å². The van der Waals surface area contributed by atoms with Crippen LogP contribution in [0.1, 0.15) is 27.1 Å². The van der Waals surface area contributed by atoms with Crippen LogP contribution in [0.5, 0.6) is 0 Å². The molecule has 0 spiro atoms. The fourth-order valence-electron chi connectivity index (χ4n) is 4.30. The molecule has 1 aliphatic heterocycles. The van der Waals surface area contributed by atoms with Crippen LogP contribution in [-0.4, -0.2) is 52.8 Å². The molecule has 1 aromatic heterocycles. The molecule has 3 aromatic carbocycles. The summed E-state index contributed by atoms with van der Waals surface area (Å²) in [5, 5.41) is 1.06. The minimum absolute atomic E-state index is 0.135. The van der Waals surface area contributed by atoms with Gasteiger partial charge in [0.25, 0.3) is 11.8 Å². The molecule has 0 atom stereocenters. The third kappa shape index (κ3) is 5.41. The number of carbonyl (C=O) groups is 2. The average Bonchev–Trinajstić information content (AvgIpc) is 3.19. The Balaban J connectivity index is 1.20. The van der Waals surface area contributed by atoms with Crippen molar-refractivity contribution in [2.45, 2.75) is 11.3 Å². The Morgan fingerprint density at radius 3 is 2.30 bits per heavy atom. The highest BCUT2D eigenvalue weighted by molar-refractivity contribution is 8.00. The van der Waals surface area contributed by atoms with Crippen LogP contribution < -0.4 is 4.72 Å². The Labute approximate surface area is 217 Å². The van der Waals surface area contributed by atoms with E-state index in [0.29, 0.717) is 31.6 Å². The zero-order chi connectivity index (χ0) is 25.8. The van der Waals surface area contributed by atoms with Gasteiger partial charge in [0.05, 0.1) is 16.0 Å². The minimum Gasteiger partial charge on any atom is -0.337 e. The SMILES string of the molecule is O=C(c1ccc(NSc2cccc3cccnc23)cc1)N1CCCN(C(=O)c2cccc(F)c2F)CC1. The lowest BCUT2D eigenvalue weighted by atomic mass is 10.1. The Hall–Kier alpha value is -3.98. The number of hydrogen-bond donors (Lipinski definition) is 1. The number of fused-ring (bicyclic) bond motifs is 1. The first kappa shape index (κ1) is 24.7. The molecule has 6 nitrogen and oxygen atoms in total. The van der Waals surface area contributed by atoms with E-state index < -0.39 is 17.5 Å². The predicted octanol–water partition coefficient (Wildman–Crippen LogP) is 5.62. The number of anilines is 1. The first-order valence-corrected chi connectivity index (χ1v) is 12.7. The molecule has 0 bridgehead atoms. The smallest absolute Gasteiger partial charge is 0.257 e. The van der Waals surface area contributed by atoms with Gasteiger partial charge in [-0.1, -0.05) is 24.3 Å². The van der Waals surface area contributed by atoms with Crippen LogP contribution in [0.15, 0.2) is 83.9 Å². The van der Waals surface area contributed by atoms with Crippen molar-refractivity contribution in [3.8, 4) is 0 Å². The van der Waals surface area contributed by atoms with Crippen molar-refractivity contribution < 1.29 is 18.4 Å². The summed E-state index contributed by atoms with van der Waals surface area (Å²) in [5.41, 5.74) is 2.01. The molecular formula is C28H24F2N4O2S. The maximum absolute atomic E-state index is 14.1. The van der Waals surface area contributed by atoms with Crippen molar-refractivity contribution in [1.29, 1.82) is 0 Å². The normalized spacial score (nSPS) is 13.9. The number of amides is 2. The molecule has 0 aliphatic carbocycles. The van der Waals surface area contributed by atoms with E-state index in [4.69, 9.17) is 0 Å². The molecule has 1 aliphatic rings. The van der Waals surface area contributed by atoms with Crippen LogP contribution in [0, 0.1) is 11.6 Å². The van der Waals surface area contributed by atoms with Crippen molar-refractivity contribution >= 4 is 40.4 Å². The summed E-state index contributed by atoms with van der Waals surface area (Å²) in [6, 6.07) is 20.7. The number of carbonyl (C=O) groups excluding carboxylic acids is 2. The molecule has 2 heterocycles. The van der Waals surface area contributed by atoms with Gasteiger partial charge in [0.15, 0.2) is 11.6 Å². The molecule has 1 N–H and O–H groups in total. The summed E-state index contributed by atoms with van der Waals surface area (Å²) in [6.45, 7) is 1.39. The van der Waals surface area contributed by atoms with E-state index >= 15 is 0 Å². The molecular weight excluding hydrogens is 494 g/mol. The van der Waals surface area contributed by atoms with E-state index in [-0.39, 0.29) is 18.0 Å². The lowest BCUT2D eigenvalue weighted by Crippen LogP contribution is -2.37.